The molecule has 0 aromatic rings. The van der Waals surface area contributed by atoms with Crippen molar-refractivity contribution >= 4 is 11.8 Å². The van der Waals surface area contributed by atoms with E-state index in [0.29, 0.717) is 11.5 Å². The Hall–Kier alpha value is 0.310. The van der Waals surface area contributed by atoms with Crippen LogP contribution in [0.3, 0.4) is 0 Å². The van der Waals surface area contributed by atoms with E-state index in [1.807, 2.05) is 0 Å². The van der Waals surface area contributed by atoms with E-state index >= 15 is 0 Å². The van der Waals surface area contributed by atoms with Crippen molar-refractivity contribution in [2.45, 2.75) is 77.8 Å². The molecule has 1 saturated heterocycles. The summed E-state index contributed by atoms with van der Waals surface area (Å²) in [6.45, 7) is 7.33. The Bertz CT molecular complexity index is 243. The van der Waals surface area contributed by atoms with Crippen LogP contribution in [0.1, 0.15) is 65.7 Å². The highest BCUT2D eigenvalue weighted by Crippen LogP contribution is 2.35. The summed E-state index contributed by atoms with van der Waals surface area (Å²) in [5, 5.41) is 3.99. The first kappa shape index (κ1) is 14.7. The molecule has 1 saturated carbocycles. The van der Waals surface area contributed by atoms with Crippen molar-refractivity contribution in [3.63, 3.8) is 0 Å². The summed E-state index contributed by atoms with van der Waals surface area (Å²) in [6.07, 6.45) is 10.1. The first-order valence-electron chi connectivity index (χ1n) is 7.93. The predicted molar refractivity (Wildman–Crippen MR) is 83.3 cm³/mol. The Kier molecular flexibility index (Phi) is 5.44. The van der Waals surface area contributed by atoms with E-state index in [1.165, 1.54) is 56.5 Å². The summed E-state index contributed by atoms with van der Waals surface area (Å²) >= 11 is 2.14. The first-order valence-corrected chi connectivity index (χ1v) is 9.09. The lowest BCUT2D eigenvalue weighted by Gasteiger charge is -2.41. The molecule has 2 aliphatic rings. The van der Waals surface area contributed by atoms with Gasteiger partial charge < -0.3 is 5.32 Å². The van der Waals surface area contributed by atoms with Gasteiger partial charge in [-0.15, -0.1) is 0 Å². The van der Waals surface area contributed by atoms with Crippen molar-refractivity contribution in [3.05, 3.63) is 0 Å². The molecule has 0 aromatic heterocycles. The van der Waals surface area contributed by atoms with E-state index < -0.39 is 0 Å². The zero-order valence-corrected chi connectivity index (χ0v) is 13.3. The number of nitrogens with one attached hydrogen (secondary N) is 1. The predicted octanol–water partition coefficient (Wildman–Crippen LogP) is 4.47. The first-order chi connectivity index (χ1) is 8.59. The minimum absolute atomic E-state index is 0.490. The lowest BCUT2D eigenvalue weighted by atomic mass is 9.81. The number of thioether (sulfide) groups is 1. The molecule has 0 spiro atoms. The fourth-order valence-corrected chi connectivity index (χ4v) is 5.09. The Morgan fingerprint density at radius 3 is 2.39 bits per heavy atom. The molecule has 1 heterocycles. The minimum Gasteiger partial charge on any atom is -0.310 e. The Morgan fingerprint density at radius 1 is 1.11 bits per heavy atom. The summed E-state index contributed by atoms with van der Waals surface area (Å²) in [5.41, 5.74) is 0.490. The van der Waals surface area contributed by atoms with Crippen LogP contribution in [0, 0.1) is 11.3 Å². The van der Waals surface area contributed by atoms with Gasteiger partial charge in [0.2, 0.25) is 0 Å². The van der Waals surface area contributed by atoms with Crippen LogP contribution in [0.2, 0.25) is 0 Å². The van der Waals surface area contributed by atoms with Crippen molar-refractivity contribution in [1.29, 1.82) is 0 Å². The van der Waals surface area contributed by atoms with E-state index in [2.05, 4.69) is 37.8 Å². The highest BCUT2D eigenvalue weighted by atomic mass is 32.2. The quantitative estimate of drug-likeness (QED) is 0.759. The van der Waals surface area contributed by atoms with Crippen molar-refractivity contribution in [3.8, 4) is 0 Å². The zero-order valence-electron chi connectivity index (χ0n) is 12.5. The summed E-state index contributed by atoms with van der Waals surface area (Å²) in [7, 11) is 0. The van der Waals surface area contributed by atoms with Gasteiger partial charge in [0.1, 0.15) is 0 Å². The second kappa shape index (κ2) is 6.65. The average molecular weight is 269 g/mol. The zero-order chi connectivity index (χ0) is 13.0. The molecule has 18 heavy (non-hydrogen) atoms. The molecule has 106 valence electrons. The van der Waals surface area contributed by atoms with Gasteiger partial charge in [0.25, 0.3) is 0 Å². The lowest BCUT2D eigenvalue weighted by molar-refractivity contribution is 0.204. The maximum Gasteiger partial charge on any atom is 0.0212 e. The molecule has 2 rings (SSSR count). The van der Waals surface area contributed by atoms with E-state index in [-0.39, 0.29) is 0 Å². The Balaban J connectivity index is 1.86. The van der Waals surface area contributed by atoms with Crippen molar-refractivity contribution in [1.82, 2.24) is 5.32 Å². The molecule has 1 aliphatic heterocycles. The van der Waals surface area contributed by atoms with Crippen molar-refractivity contribution in [2.24, 2.45) is 11.3 Å². The molecule has 1 nitrogen and oxygen atoms in total. The maximum absolute atomic E-state index is 3.99. The van der Waals surface area contributed by atoms with Gasteiger partial charge in [-0.3, -0.25) is 0 Å². The van der Waals surface area contributed by atoms with Crippen LogP contribution in [-0.2, 0) is 0 Å². The van der Waals surface area contributed by atoms with E-state index in [1.54, 1.807) is 0 Å². The molecule has 0 amide bonds. The van der Waals surface area contributed by atoms with E-state index in [9.17, 15) is 0 Å². The highest BCUT2D eigenvalue weighted by molar-refractivity contribution is 7.99. The number of hydrogen-bond acceptors (Lipinski definition) is 2. The third-order valence-electron chi connectivity index (χ3n) is 5.19. The van der Waals surface area contributed by atoms with Gasteiger partial charge in [-0.1, -0.05) is 39.5 Å². The molecule has 0 radical (unpaired) electrons. The molecule has 1 aliphatic carbocycles. The van der Waals surface area contributed by atoms with Gasteiger partial charge in [-0.25, -0.2) is 0 Å². The Labute approximate surface area is 118 Å². The molecular formula is C16H31NS. The van der Waals surface area contributed by atoms with Crippen LogP contribution in [0.25, 0.3) is 0 Å². The number of rotatable bonds is 3. The average Bonchev–Trinajstić information content (AvgIpc) is 2.60. The molecule has 0 bridgehead atoms. The molecule has 2 atom stereocenters. The molecule has 0 aromatic carbocycles. The molecule has 1 N–H and O–H groups in total. The third-order valence-corrected chi connectivity index (χ3v) is 6.25. The summed E-state index contributed by atoms with van der Waals surface area (Å²) in [5.74, 6) is 3.59. The van der Waals surface area contributed by atoms with Crippen molar-refractivity contribution in [2.75, 3.05) is 11.5 Å². The normalized spacial score (nSPS) is 31.8. The van der Waals surface area contributed by atoms with Crippen LogP contribution in [0.5, 0.6) is 0 Å². The van der Waals surface area contributed by atoms with E-state index in [4.69, 9.17) is 0 Å². The second-order valence-electron chi connectivity index (χ2n) is 7.07. The Morgan fingerprint density at radius 2 is 1.78 bits per heavy atom. The minimum atomic E-state index is 0.490. The lowest BCUT2D eigenvalue weighted by Crippen LogP contribution is -2.51. The maximum atomic E-state index is 3.99. The molecule has 2 fully saturated rings. The van der Waals surface area contributed by atoms with Crippen molar-refractivity contribution < 1.29 is 0 Å². The van der Waals surface area contributed by atoms with Gasteiger partial charge >= 0.3 is 0 Å². The molecular weight excluding hydrogens is 238 g/mol. The second-order valence-corrected chi connectivity index (χ2v) is 8.22. The summed E-state index contributed by atoms with van der Waals surface area (Å²) < 4.78 is 0. The SMILES string of the molecule is C[C@H](NC1CSCCC1(C)C)C1CCCCCC1. The van der Waals surface area contributed by atoms with E-state index in [0.717, 1.165) is 12.0 Å². The fourth-order valence-electron chi connectivity index (χ4n) is 3.47. The van der Waals surface area contributed by atoms with Gasteiger partial charge in [-0.2, -0.15) is 11.8 Å². The van der Waals surface area contributed by atoms with Crippen LogP contribution in [0.15, 0.2) is 0 Å². The largest absolute Gasteiger partial charge is 0.310 e. The van der Waals surface area contributed by atoms with Gasteiger partial charge in [0, 0.05) is 17.8 Å². The summed E-state index contributed by atoms with van der Waals surface area (Å²) in [6, 6.07) is 1.43. The van der Waals surface area contributed by atoms with Gasteiger partial charge in [-0.05, 0) is 43.3 Å². The highest BCUT2D eigenvalue weighted by Gasteiger charge is 2.34. The molecule has 1 unspecified atom stereocenters. The van der Waals surface area contributed by atoms with Crippen LogP contribution < -0.4 is 5.32 Å². The monoisotopic (exact) mass is 269 g/mol. The van der Waals surface area contributed by atoms with Gasteiger partial charge in [0.05, 0.1) is 0 Å². The number of hydrogen-bond donors (Lipinski definition) is 1. The smallest absolute Gasteiger partial charge is 0.0212 e. The van der Waals surface area contributed by atoms with Crippen LogP contribution in [0.4, 0.5) is 0 Å². The van der Waals surface area contributed by atoms with Crippen LogP contribution in [-0.4, -0.2) is 23.6 Å². The summed E-state index contributed by atoms with van der Waals surface area (Å²) in [4.78, 5) is 0. The standard InChI is InChI=1S/C16H31NS/c1-13(14-8-6-4-5-7-9-14)17-15-12-18-11-10-16(15,2)3/h13-15,17H,4-12H2,1-3H3/t13-,15?/m0/s1. The topological polar surface area (TPSA) is 12.0 Å². The fraction of sp³-hybridized carbons (Fsp3) is 1.00. The van der Waals surface area contributed by atoms with Crippen LogP contribution >= 0.6 is 11.8 Å². The molecule has 2 heteroatoms. The van der Waals surface area contributed by atoms with Gasteiger partial charge in [0.15, 0.2) is 0 Å². The third kappa shape index (κ3) is 3.90.